The van der Waals surface area contributed by atoms with Crippen molar-refractivity contribution in [2.24, 2.45) is 7.05 Å². The average Bonchev–Trinajstić information content (AvgIpc) is 2.45. The average molecular weight is 260 g/mol. The molecule has 0 radical (unpaired) electrons. The topological polar surface area (TPSA) is 17.8 Å². The molecule has 13 heavy (non-hydrogen) atoms. The van der Waals surface area contributed by atoms with E-state index in [1.165, 1.54) is 5.69 Å². The van der Waals surface area contributed by atoms with Crippen molar-refractivity contribution >= 4 is 38.6 Å². The van der Waals surface area contributed by atoms with E-state index in [2.05, 4.69) is 27.0 Å². The molecule has 0 saturated heterocycles. The summed E-state index contributed by atoms with van der Waals surface area (Å²) >= 11 is 9.45. The second-order valence-electron chi connectivity index (χ2n) is 2.86. The van der Waals surface area contributed by atoms with Gasteiger partial charge in [0.1, 0.15) is 5.65 Å². The van der Waals surface area contributed by atoms with E-state index in [0.717, 1.165) is 21.4 Å². The summed E-state index contributed by atoms with van der Waals surface area (Å²) in [5.41, 5.74) is 2.11. The molecule has 2 aromatic rings. The highest BCUT2D eigenvalue weighted by Crippen LogP contribution is 2.25. The van der Waals surface area contributed by atoms with Gasteiger partial charge in [-0.05, 0) is 12.1 Å². The maximum absolute atomic E-state index is 6.03. The van der Waals surface area contributed by atoms with Gasteiger partial charge in [0.05, 0.1) is 5.02 Å². The van der Waals surface area contributed by atoms with Gasteiger partial charge in [-0.25, -0.2) is 4.98 Å². The van der Waals surface area contributed by atoms with Crippen molar-refractivity contribution in [1.82, 2.24) is 9.55 Å². The van der Waals surface area contributed by atoms with Crippen molar-refractivity contribution < 1.29 is 0 Å². The Bertz CT molecular complexity index is 450. The molecule has 2 nitrogen and oxygen atoms in total. The van der Waals surface area contributed by atoms with Crippen molar-refractivity contribution in [1.29, 1.82) is 0 Å². The lowest BCUT2D eigenvalue weighted by atomic mass is 10.3. The standard InChI is InChI=1S/C9H8BrClN2/c1-13-6(5-10)4-7-8(11)2-3-12-9(7)13/h2-4H,5H2,1H3. The first-order valence-corrected chi connectivity index (χ1v) is 5.38. The molecule has 0 aromatic carbocycles. The number of fused-ring (bicyclic) bond motifs is 1. The van der Waals surface area contributed by atoms with Crippen molar-refractivity contribution in [2.45, 2.75) is 5.33 Å². The first-order valence-electron chi connectivity index (χ1n) is 3.89. The molecule has 0 amide bonds. The summed E-state index contributed by atoms with van der Waals surface area (Å²) in [4.78, 5) is 4.27. The smallest absolute Gasteiger partial charge is 0.141 e. The lowest BCUT2D eigenvalue weighted by Gasteiger charge is -1.98. The number of aryl methyl sites for hydroxylation is 1. The zero-order valence-corrected chi connectivity index (χ0v) is 9.43. The Morgan fingerprint density at radius 1 is 1.62 bits per heavy atom. The van der Waals surface area contributed by atoms with Crippen LogP contribution in [0, 0.1) is 0 Å². The first-order chi connectivity index (χ1) is 6.24. The Hall–Kier alpha value is -0.540. The van der Waals surface area contributed by atoms with Crippen LogP contribution < -0.4 is 0 Å². The van der Waals surface area contributed by atoms with Crippen LogP contribution in [0.3, 0.4) is 0 Å². The van der Waals surface area contributed by atoms with E-state index in [4.69, 9.17) is 11.6 Å². The van der Waals surface area contributed by atoms with Crippen molar-refractivity contribution in [3.05, 3.63) is 29.0 Å². The zero-order valence-electron chi connectivity index (χ0n) is 7.09. The predicted octanol–water partition coefficient (Wildman–Crippen LogP) is 3.12. The highest BCUT2D eigenvalue weighted by molar-refractivity contribution is 9.08. The SMILES string of the molecule is Cn1c(CBr)cc2c(Cl)ccnc21. The summed E-state index contributed by atoms with van der Waals surface area (Å²) in [7, 11) is 1.99. The second-order valence-corrected chi connectivity index (χ2v) is 3.83. The van der Waals surface area contributed by atoms with Gasteiger partial charge in [-0.1, -0.05) is 27.5 Å². The van der Waals surface area contributed by atoms with Gasteiger partial charge in [-0.2, -0.15) is 0 Å². The van der Waals surface area contributed by atoms with Gasteiger partial charge in [0, 0.05) is 29.7 Å². The summed E-state index contributed by atoms with van der Waals surface area (Å²) < 4.78 is 2.04. The minimum absolute atomic E-state index is 0.757. The molecule has 0 atom stereocenters. The Morgan fingerprint density at radius 2 is 2.38 bits per heavy atom. The minimum atomic E-state index is 0.757. The van der Waals surface area contributed by atoms with Crippen LogP contribution in [0.15, 0.2) is 18.3 Å². The van der Waals surface area contributed by atoms with E-state index in [1.54, 1.807) is 6.20 Å². The van der Waals surface area contributed by atoms with E-state index in [0.29, 0.717) is 0 Å². The van der Waals surface area contributed by atoms with Crippen molar-refractivity contribution in [3.8, 4) is 0 Å². The van der Waals surface area contributed by atoms with E-state index in [-0.39, 0.29) is 0 Å². The molecule has 0 aliphatic carbocycles. The van der Waals surface area contributed by atoms with Crippen LogP contribution in [0.1, 0.15) is 5.69 Å². The van der Waals surface area contributed by atoms with Crippen LogP contribution in [-0.4, -0.2) is 9.55 Å². The Kier molecular flexibility index (Phi) is 2.30. The second kappa shape index (κ2) is 3.31. The summed E-state index contributed by atoms with van der Waals surface area (Å²) in [6, 6.07) is 3.86. The van der Waals surface area contributed by atoms with Crippen LogP contribution in [0.2, 0.25) is 5.02 Å². The van der Waals surface area contributed by atoms with E-state index in [9.17, 15) is 0 Å². The highest BCUT2D eigenvalue weighted by atomic mass is 79.9. The summed E-state index contributed by atoms with van der Waals surface area (Å²) in [5.74, 6) is 0. The van der Waals surface area contributed by atoms with Gasteiger partial charge in [0.15, 0.2) is 0 Å². The third kappa shape index (κ3) is 1.36. The maximum Gasteiger partial charge on any atom is 0.141 e. The van der Waals surface area contributed by atoms with E-state index < -0.39 is 0 Å². The molecule has 68 valence electrons. The molecule has 0 fully saturated rings. The molecule has 2 aromatic heterocycles. The molecule has 0 saturated carbocycles. The third-order valence-corrected chi connectivity index (χ3v) is 3.02. The lowest BCUT2D eigenvalue weighted by molar-refractivity contribution is 0.897. The van der Waals surface area contributed by atoms with Crippen molar-refractivity contribution in [3.63, 3.8) is 0 Å². The number of nitrogens with zero attached hydrogens (tertiary/aromatic N) is 2. The largest absolute Gasteiger partial charge is 0.332 e. The molecule has 0 bridgehead atoms. The van der Waals surface area contributed by atoms with Gasteiger partial charge in [-0.3, -0.25) is 0 Å². The molecule has 0 aliphatic rings. The van der Waals surface area contributed by atoms with E-state index in [1.807, 2.05) is 17.7 Å². The molecule has 0 spiro atoms. The van der Waals surface area contributed by atoms with Gasteiger partial charge in [0.25, 0.3) is 0 Å². The third-order valence-electron chi connectivity index (χ3n) is 2.11. The van der Waals surface area contributed by atoms with Gasteiger partial charge in [-0.15, -0.1) is 0 Å². The van der Waals surface area contributed by atoms with Gasteiger partial charge >= 0.3 is 0 Å². The van der Waals surface area contributed by atoms with Crippen LogP contribution in [-0.2, 0) is 12.4 Å². The van der Waals surface area contributed by atoms with Gasteiger partial charge < -0.3 is 4.57 Å². The van der Waals surface area contributed by atoms with Crippen LogP contribution in [0.4, 0.5) is 0 Å². The Morgan fingerprint density at radius 3 is 3.00 bits per heavy atom. The number of hydrogen-bond acceptors (Lipinski definition) is 1. The number of halogens is 2. The molecule has 0 unspecified atom stereocenters. The molecule has 4 heteroatoms. The fourth-order valence-electron chi connectivity index (χ4n) is 1.37. The van der Waals surface area contributed by atoms with Crippen LogP contribution >= 0.6 is 27.5 Å². The monoisotopic (exact) mass is 258 g/mol. The fourth-order valence-corrected chi connectivity index (χ4v) is 2.10. The first kappa shape index (κ1) is 9.03. The Labute approximate surface area is 89.7 Å². The van der Waals surface area contributed by atoms with Gasteiger partial charge in [0.2, 0.25) is 0 Å². The highest BCUT2D eigenvalue weighted by Gasteiger charge is 2.07. The lowest BCUT2D eigenvalue weighted by Crippen LogP contribution is -1.93. The summed E-state index contributed by atoms with van der Waals surface area (Å²) in [6.07, 6.45) is 1.72. The number of alkyl halides is 1. The van der Waals surface area contributed by atoms with Crippen LogP contribution in [0.25, 0.3) is 11.0 Å². The van der Waals surface area contributed by atoms with E-state index >= 15 is 0 Å². The molecular formula is C9H8BrClN2. The normalized spacial score (nSPS) is 11.0. The zero-order chi connectivity index (χ0) is 9.42. The number of rotatable bonds is 1. The quantitative estimate of drug-likeness (QED) is 0.720. The van der Waals surface area contributed by atoms with Crippen LogP contribution in [0.5, 0.6) is 0 Å². The number of hydrogen-bond donors (Lipinski definition) is 0. The van der Waals surface area contributed by atoms with Crippen molar-refractivity contribution in [2.75, 3.05) is 0 Å². The summed E-state index contributed by atoms with van der Waals surface area (Å²) in [5, 5.41) is 2.59. The molecule has 2 rings (SSSR count). The molecule has 0 N–H and O–H groups in total. The molecule has 0 aliphatic heterocycles. The Balaban J connectivity index is 2.83. The minimum Gasteiger partial charge on any atom is -0.332 e. The number of aromatic nitrogens is 2. The summed E-state index contributed by atoms with van der Waals surface area (Å²) in [6.45, 7) is 0. The number of pyridine rings is 1. The fraction of sp³-hybridized carbons (Fsp3) is 0.222. The molecular weight excluding hydrogens is 251 g/mol. The molecule has 2 heterocycles. The maximum atomic E-state index is 6.03. The predicted molar refractivity (Wildman–Crippen MR) is 58.4 cm³/mol.